The summed E-state index contributed by atoms with van der Waals surface area (Å²) in [4.78, 5) is 0. The van der Waals surface area contributed by atoms with E-state index in [2.05, 4.69) is 19.2 Å². The van der Waals surface area contributed by atoms with E-state index in [0.29, 0.717) is 12.2 Å². The zero-order valence-corrected chi connectivity index (χ0v) is 10.9. The number of ether oxygens (including phenoxy) is 1. The summed E-state index contributed by atoms with van der Waals surface area (Å²) >= 11 is 0. The van der Waals surface area contributed by atoms with E-state index in [0.717, 1.165) is 18.5 Å². The standard InChI is InChI=1S/C14H27NO/c1-3-15-14(12-8-9-12)6-4-5-13-10-7-11(2)16-13/h11-15H,3-10H2,1-2H3. The van der Waals surface area contributed by atoms with Crippen molar-refractivity contribution in [2.45, 2.75) is 77.0 Å². The second-order valence-electron chi connectivity index (χ2n) is 5.58. The van der Waals surface area contributed by atoms with Crippen molar-refractivity contribution in [1.29, 1.82) is 0 Å². The smallest absolute Gasteiger partial charge is 0.0579 e. The molecule has 2 aliphatic rings. The lowest BCUT2D eigenvalue weighted by molar-refractivity contribution is 0.0490. The van der Waals surface area contributed by atoms with Gasteiger partial charge in [-0.05, 0) is 64.3 Å². The van der Waals surface area contributed by atoms with Crippen molar-refractivity contribution in [3.8, 4) is 0 Å². The minimum Gasteiger partial charge on any atom is -0.375 e. The summed E-state index contributed by atoms with van der Waals surface area (Å²) in [6.45, 7) is 5.54. The summed E-state index contributed by atoms with van der Waals surface area (Å²) in [7, 11) is 0. The highest BCUT2D eigenvalue weighted by atomic mass is 16.5. The molecule has 2 rings (SSSR count). The second-order valence-corrected chi connectivity index (χ2v) is 5.58. The van der Waals surface area contributed by atoms with Crippen LogP contribution in [-0.2, 0) is 4.74 Å². The molecule has 1 aliphatic carbocycles. The number of rotatable bonds is 7. The minimum absolute atomic E-state index is 0.512. The van der Waals surface area contributed by atoms with Crippen molar-refractivity contribution < 1.29 is 4.74 Å². The van der Waals surface area contributed by atoms with E-state index in [4.69, 9.17) is 4.74 Å². The average molecular weight is 225 g/mol. The molecule has 2 nitrogen and oxygen atoms in total. The minimum atomic E-state index is 0.512. The van der Waals surface area contributed by atoms with Gasteiger partial charge in [0, 0.05) is 6.04 Å². The summed E-state index contributed by atoms with van der Waals surface area (Å²) < 4.78 is 5.86. The molecule has 0 spiro atoms. The van der Waals surface area contributed by atoms with E-state index in [-0.39, 0.29) is 0 Å². The number of hydrogen-bond acceptors (Lipinski definition) is 2. The van der Waals surface area contributed by atoms with Gasteiger partial charge in [-0.2, -0.15) is 0 Å². The molecule has 1 saturated carbocycles. The molecule has 16 heavy (non-hydrogen) atoms. The maximum Gasteiger partial charge on any atom is 0.0579 e. The normalized spacial score (nSPS) is 31.9. The molecule has 1 aliphatic heterocycles. The van der Waals surface area contributed by atoms with Crippen molar-refractivity contribution in [2.75, 3.05) is 6.54 Å². The van der Waals surface area contributed by atoms with Gasteiger partial charge < -0.3 is 10.1 Å². The Labute approximate surface area is 100 Å². The molecule has 1 saturated heterocycles. The van der Waals surface area contributed by atoms with Crippen LogP contribution in [-0.4, -0.2) is 24.8 Å². The van der Waals surface area contributed by atoms with Crippen LogP contribution in [0.5, 0.6) is 0 Å². The van der Waals surface area contributed by atoms with Gasteiger partial charge in [0.2, 0.25) is 0 Å². The fourth-order valence-electron chi connectivity index (χ4n) is 2.93. The molecule has 0 radical (unpaired) electrons. The maximum absolute atomic E-state index is 5.86. The van der Waals surface area contributed by atoms with Crippen molar-refractivity contribution in [3.05, 3.63) is 0 Å². The molecule has 3 atom stereocenters. The lowest BCUT2D eigenvalue weighted by atomic mass is 10.0. The average Bonchev–Trinajstić information content (AvgIpc) is 3.02. The van der Waals surface area contributed by atoms with Crippen LogP contribution >= 0.6 is 0 Å². The van der Waals surface area contributed by atoms with E-state index < -0.39 is 0 Å². The van der Waals surface area contributed by atoms with E-state index in [1.807, 2.05) is 0 Å². The molecule has 3 unspecified atom stereocenters. The van der Waals surface area contributed by atoms with Crippen LogP contribution in [0.25, 0.3) is 0 Å². The molecule has 0 aromatic heterocycles. The van der Waals surface area contributed by atoms with Crippen LogP contribution in [0, 0.1) is 5.92 Å². The molecule has 2 fully saturated rings. The SMILES string of the molecule is CCNC(CCCC1CCC(C)O1)C1CC1. The lowest BCUT2D eigenvalue weighted by Gasteiger charge is -2.18. The van der Waals surface area contributed by atoms with Crippen molar-refractivity contribution >= 4 is 0 Å². The van der Waals surface area contributed by atoms with E-state index in [1.165, 1.54) is 44.9 Å². The first-order valence-electron chi connectivity index (χ1n) is 7.18. The Morgan fingerprint density at radius 3 is 2.62 bits per heavy atom. The van der Waals surface area contributed by atoms with Crippen LogP contribution in [0.4, 0.5) is 0 Å². The van der Waals surface area contributed by atoms with Crippen LogP contribution in [0.3, 0.4) is 0 Å². The molecule has 0 aromatic rings. The van der Waals surface area contributed by atoms with Gasteiger partial charge in [-0.15, -0.1) is 0 Å². The Balaban J connectivity index is 1.58. The predicted molar refractivity (Wildman–Crippen MR) is 67.6 cm³/mol. The number of nitrogens with one attached hydrogen (secondary N) is 1. The summed E-state index contributed by atoms with van der Waals surface area (Å²) in [6, 6.07) is 0.795. The Morgan fingerprint density at radius 1 is 1.25 bits per heavy atom. The van der Waals surface area contributed by atoms with Gasteiger partial charge in [0.25, 0.3) is 0 Å². The third kappa shape index (κ3) is 3.74. The Bertz CT molecular complexity index is 203. The molecule has 1 heterocycles. The van der Waals surface area contributed by atoms with Gasteiger partial charge in [-0.25, -0.2) is 0 Å². The fourth-order valence-corrected chi connectivity index (χ4v) is 2.93. The third-order valence-electron chi connectivity index (χ3n) is 4.02. The molecule has 2 heteroatoms. The highest BCUT2D eigenvalue weighted by Crippen LogP contribution is 2.35. The summed E-state index contributed by atoms with van der Waals surface area (Å²) in [5.74, 6) is 0.989. The molecule has 94 valence electrons. The first-order valence-corrected chi connectivity index (χ1v) is 7.18. The van der Waals surface area contributed by atoms with Gasteiger partial charge in [0.1, 0.15) is 0 Å². The zero-order chi connectivity index (χ0) is 11.4. The monoisotopic (exact) mass is 225 g/mol. The first kappa shape index (κ1) is 12.4. The molecule has 1 N–H and O–H groups in total. The highest BCUT2D eigenvalue weighted by Gasteiger charge is 2.30. The third-order valence-corrected chi connectivity index (χ3v) is 4.02. The Morgan fingerprint density at radius 2 is 2.06 bits per heavy atom. The van der Waals surface area contributed by atoms with Crippen molar-refractivity contribution in [2.24, 2.45) is 5.92 Å². The van der Waals surface area contributed by atoms with Crippen LogP contribution in [0.2, 0.25) is 0 Å². The van der Waals surface area contributed by atoms with Gasteiger partial charge in [-0.3, -0.25) is 0 Å². The fraction of sp³-hybridized carbons (Fsp3) is 1.00. The Kier molecular flexibility index (Phi) is 4.66. The highest BCUT2D eigenvalue weighted by molar-refractivity contribution is 4.86. The predicted octanol–water partition coefficient (Wildman–Crippen LogP) is 3.11. The first-order chi connectivity index (χ1) is 7.79. The van der Waals surface area contributed by atoms with E-state index in [9.17, 15) is 0 Å². The van der Waals surface area contributed by atoms with Crippen molar-refractivity contribution in [3.63, 3.8) is 0 Å². The quantitative estimate of drug-likeness (QED) is 0.719. The molecule has 0 bridgehead atoms. The largest absolute Gasteiger partial charge is 0.375 e. The van der Waals surface area contributed by atoms with Crippen LogP contribution < -0.4 is 5.32 Å². The van der Waals surface area contributed by atoms with E-state index >= 15 is 0 Å². The van der Waals surface area contributed by atoms with E-state index in [1.54, 1.807) is 0 Å². The van der Waals surface area contributed by atoms with Crippen LogP contribution in [0.15, 0.2) is 0 Å². The van der Waals surface area contributed by atoms with Gasteiger partial charge in [-0.1, -0.05) is 6.92 Å². The molecular formula is C14H27NO. The van der Waals surface area contributed by atoms with Gasteiger partial charge in [0.05, 0.1) is 12.2 Å². The number of hydrogen-bond donors (Lipinski definition) is 1. The van der Waals surface area contributed by atoms with Crippen LogP contribution in [0.1, 0.15) is 58.8 Å². The molecular weight excluding hydrogens is 198 g/mol. The molecule has 0 aromatic carbocycles. The maximum atomic E-state index is 5.86. The van der Waals surface area contributed by atoms with Gasteiger partial charge >= 0.3 is 0 Å². The summed E-state index contributed by atoms with van der Waals surface area (Å²) in [6.07, 6.45) is 10.5. The topological polar surface area (TPSA) is 21.3 Å². The molecule has 0 amide bonds. The Hall–Kier alpha value is -0.0800. The zero-order valence-electron chi connectivity index (χ0n) is 10.9. The second kappa shape index (κ2) is 6.02. The summed E-state index contributed by atoms with van der Waals surface area (Å²) in [5.41, 5.74) is 0. The van der Waals surface area contributed by atoms with Gasteiger partial charge in [0.15, 0.2) is 0 Å². The lowest BCUT2D eigenvalue weighted by Crippen LogP contribution is -2.31. The summed E-state index contributed by atoms with van der Waals surface area (Å²) in [5, 5.41) is 3.64. The van der Waals surface area contributed by atoms with Crippen molar-refractivity contribution in [1.82, 2.24) is 5.32 Å².